The molecule has 0 spiro atoms. The van der Waals surface area contributed by atoms with Crippen LogP contribution in [0.5, 0.6) is 0 Å². The summed E-state index contributed by atoms with van der Waals surface area (Å²) in [6.07, 6.45) is 4.98. The summed E-state index contributed by atoms with van der Waals surface area (Å²) >= 11 is 0. The van der Waals surface area contributed by atoms with Gasteiger partial charge in [-0.1, -0.05) is 18.0 Å². The molecule has 1 unspecified atom stereocenters. The number of aromatic nitrogens is 2. The molecule has 0 saturated heterocycles. The van der Waals surface area contributed by atoms with E-state index in [0.717, 1.165) is 0 Å². The maximum absolute atomic E-state index is 6.03. The van der Waals surface area contributed by atoms with Crippen molar-refractivity contribution in [3.8, 4) is 0 Å². The third kappa shape index (κ3) is 1.72. The van der Waals surface area contributed by atoms with Crippen molar-refractivity contribution in [2.24, 2.45) is 11.7 Å². The summed E-state index contributed by atoms with van der Waals surface area (Å²) in [5.41, 5.74) is 6.03. The van der Waals surface area contributed by atoms with Gasteiger partial charge in [-0.05, 0) is 18.8 Å². The number of nitrogens with zero attached hydrogens (tertiary/aromatic N) is 2. The van der Waals surface area contributed by atoms with Crippen molar-refractivity contribution in [3.05, 3.63) is 11.7 Å². The Morgan fingerprint density at radius 3 is 2.69 bits per heavy atom. The fraction of sp³-hybridized carbons (Fsp3) is 0.778. The van der Waals surface area contributed by atoms with Crippen molar-refractivity contribution in [1.82, 2.24) is 10.1 Å². The molecule has 2 rings (SSSR count). The number of hydrogen-bond acceptors (Lipinski definition) is 4. The van der Waals surface area contributed by atoms with Crippen LogP contribution in [0.25, 0.3) is 0 Å². The summed E-state index contributed by atoms with van der Waals surface area (Å²) in [6, 6.07) is -0.0278. The molecule has 1 aliphatic carbocycles. The van der Waals surface area contributed by atoms with Crippen LogP contribution in [0.15, 0.2) is 4.52 Å². The van der Waals surface area contributed by atoms with Crippen LogP contribution in [0, 0.1) is 12.8 Å². The van der Waals surface area contributed by atoms with E-state index < -0.39 is 0 Å². The molecule has 1 aromatic heterocycles. The zero-order valence-electron chi connectivity index (χ0n) is 7.86. The standard InChI is InChI=1S/C9H15N3O/c1-6-11-9(12-13-6)8(10)7-4-2-3-5-7/h7-8H,2-5,10H2,1H3. The lowest BCUT2D eigenvalue weighted by molar-refractivity contribution is 0.365. The van der Waals surface area contributed by atoms with Gasteiger partial charge in [0.25, 0.3) is 0 Å². The highest BCUT2D eigenvalue weighted by atomic mass is 16.5. The highest BCUT2D eigenvalue weighted by Crippen LogP contribution is 2.32. The molecule has 0 bridgehead atoms. The van der Waals surface area contributed by atoms with Gasteiger partial charge < -0.3 is 10.3 Å². The number of nitrogens with two attached hydrogens (primary N) is 1. The van der Waals surface area contributed by atoms with Crippen molar-refractivity contribution in [2.75, 3.05) is 0 Å². The quantitative estimate of drug-likeness (QED) is 0.752. The van der Waals surface area contributed by atoms with Crippen LogP contribution in [0.3, 0.4) is 0 Å². The van der Waals surface area contributed by atoms with Crippen molar-refractivity contribution < 1.29 is 4.52 Å². The molecule has 0 aliphatic heterocycles. The second-order valence-electron chi connectivity index (χ2n) is 3.74. The zero-order valence-corrected chi connectivity index (χ0v) is 7.86. The maximum Gasteiger partial charge on any atom is 0.223 e. The summed E-state index contributed by atoms with van der Waals surface area (Å²) in [5, 5.41) is 3.85. The van der Waals surface area contributed by atoms with Crippen LogP contribution in [0.2, 0.25) is 0 Å². The average Bonchev–Trinajstić information content (AvgIpc) is 2.72. The minimum absolute atomic E-state index is 0.0278. The first-order valence-electron chi connectivity index (χ1n) is 4.83. The number of aryl methyl sites for hydroxylation is 1. The van der Waals surface area contributed by atoms with Crippen LogP contribution in [-0.4, -0.2) is 10.1 Å². The third-order valence-electron chi connectivity index (χ3n) is 2.75. The monoisotopic (exact) mass is 181 g/mol. The predicted molar refractivity (Wildman–Crippen MR) is 47.9 cm³/mol. The van der Waals surface area contributed by atoms with Gasteiger partial charge in [-0.2, -0.15) is 4.98 Å². The summed E-state index contributed by atoms with van der Waals surface area (Å²) in [5.74, 6) is 1.82. The van der Waals surface area contributed by atoms with E-state index in [1.54, 1.807) is 6.92 Å². The van der Waals surface area contributed by atoms with Gasteiger partial charge >= 0.3 is 0 Å². The Hall–Kier alpha value is -0.900. The van der Waals surface area contributed by atoms with Crippen molar-refractivity contribution in [1.29, 1.82) is 0 Å². The lowest BCUT2D eigenvalue weighted by Gasteiger charge is -2.13. The highest BCUT2D eigenvalue weighted by Gasteiger charge is 2.26. The lowest BCUT2D eigenvalue weighted by atomic mass is 9.99. The Balaban J connectivity index is 2.07. The Morgan fingerprint density at radius 1 is 1.46 bits per heavy atom. The molecule has 2 N–H and O–H groups in total. The van der Waals surface area contributed by atoms with Crippen LogP contribution >= 0.6 is 0 Å². The topological polar surface area (TPSA) is 64.9 Å². The molecule has 1 fully saturated rings. The molecule has 4 heteroatoms. The second kappa shape index (κ2) is 3.46. The van der Waals surface area contributed by atoms with E-state index in [0.29, 0.717) is 17.6 Å². The second-order valence-corrected chi connectivity index (χ2v) is 3.74. The van der Waals surface area contributed by atoms with Crippen molar-refractivity contribution >= 4 is 0 Å². The van der Waals surface area contributed by atoms with Gasteiger partial charge in [0.2, 0.25) is 5.89 Å². The summed E-state index contributed by atoms with van der Waals surface area (Å²) in [4.78, 5) is 4.15. The minimum atomic E-state index is -0.0278. The third-order valence-corrected chi connectivity index (χ3v) is 2.75. The molecule has 1 aromatic rings. The number of hydrogen-bond donors (Lipinski definition) is 1. The van der Waals surface area contributed by atoms with Crippen molar-refractivity contribution in [2.45, 2.75) is 38.6 Å². The highest BCUT2D eigenvalue weighted by molar-refractivity contribution is 4.95. The summed E-state index contributed by atoms with van der Waals surface area (Å²) in [7, 11) is 0. The largest absolute Gasteiger partial charge is 0.340 e. The van der Waals surface area contributed by atoms with Gasteiger partial charge in [0.15, 0.2) is 5.82 Å². The van der Waals surface area contributed by atoms with Crippen LogP contribution < -0.4 is 5.73 Å². The predicted octanol–water partition coefficient (Wildman–Crippen LogP) is 1.57. The Bertz CT molecular complexity index is 278. The molecule has 0 aromatic carbocycles. The van der Waals surface area contributed by atoms with E-state index in [1.165, 1.54) is 25.7 Å². The first kappa shape index (κ1) is 8.69. The lowest BCUT2D eigenvalue weighted by Crippen LogP contribution is -2.20. The van der Waals surface area contributed by atoms with E-state index in [9.17, 15) is 0 Å². The molecule has 1 saturated carbocycles. The fourth-order valence-corrected chi connectivity index (χ4v) is 1.98. The molecule has 0 radical (unpaired) electrons. The zero-order chi connectivity index (χ0) is 9.26. The van der Waals surface area contributed by atoms with Gasteiger partial charge in [0.05, 0.1) is 6.04 Å². The molecule has 13 heavy (non-hydrogen) atoms. The molecule has 72 valence electrons. The van der Waals surface area contributed by atoms with Crippen molar-refractivity contribution in [3.63, 3.8) is 0 Å². The average molecular weight is 181 g/mol. The summed E-state index contributed by atoms with van der Waals surface area (Å²) in [6.45, 7) is 1.79. The fourth-order valence-electron chi connectivity index (χ4n) is 1.98. The molecule has 1 heterocycles. The maximum atomic E-state index is 6.03. The van der Waals surface area contributed by atoms with Gasteiger partial charge in [-0.3, -0.25) is 0 Å². The number of rotatable bonds is 2. The minimum Gasteiger partial charge on any atom is -0.340 e. The van der Waals surface area contributed by atoms with Gasteiger partial charge in [0.1, 0.15) is 0 Å². The Labute approximate surface area is 77.5 Å². The van der Waals surface area contributed by atoms with E-state index in [1.807, 2.05) is 0 Å². The van der Waals surface area contributed by atoms with Gasteiger partial charge in [-0.15, -0.1) is 0 Å². The molecule has 4 nitrogen and oxygen atoms in total. The first-order valence-corrected chi connectivity index (χ1v) is 4.83. The molecular weight excluding hydrogens is 166 g/mol. The molecular formula is C9H15N3O. The van der Waals surface area contributed by atoms with E-state index >= 15 is 0 Å². The van der Waals surface area contributed by atoms with E-state index in [2.05, 4.69) is 10.1 Å². The van der Waals surface area contributed by atoms with Crippen LogP contribution in [0.4, 0.5) is 0 Å². The van der Waals surface area contributed by atoms with Crippen LogP contribution in [-0.2, 0) is 0 Å². The smallest absolute Gasteiger partial charge is 0.223 e. The Kier molecular flexibility index (Phi) is 2.31. The molecule has 1 aliphatic rings. The SMILES string of the molecule is Cc1nc(C(N)C2CCCC2)no1. The van der Waals surface area contributed by atoms with Gasteiger partial charge in [-0.25, -0.2) is 0 Å². The normalized spacial score (nSPS) is 20.8. The summed E-state index contributed by atoms with van der Waals surface area (Å²) < 4.78 is 4.90. The van der Waals surface area contributed by atoms with Gasteiger partial charge in [0, 0.05) is 6.92 Å². The molecule has 0 amide bonds. The van der Waals surface area contributed by atoms with E-state index in [-0.39, 0.29) is 6.04 Å². The van der Waals surface area contributed by atoms with E-state index in [4.69, 9.17) is 10.3 Å². The Morgan fingerprint density at radius 2 is 2.15 bits per heavy atom. The molecule has 1 atom stereocenters. The first-order chi connectivity index (χ1) is 6.27. The van der Waals surface area contributed by atoms with Crippen LogP contribution in [0.1, 0.15) is 43.4 Å².